The lowest BCUT2D eigenvalue weighted by Gasteiger charge is -2.45. The number of ether oxygens (including phenoxy) is 2. The minimum absolute atomic E-state index is 0.000410. The molecule has 3 saturated heterocycles. The van der Waals surface area contributed by atoms with Gasteiger partial charge >= 0.3 is 6.29 Å². The Labute approximate surface area is 228 Å². The van der Waals surface area contributed by atoms with Crippen molar-refractivity contribution in [2.45, 2.75) is 55.9 Å². The summed E-state index contributed by atoms with van der Waals surface area (Å²) in [6, 6.07) is 8.50. The van der Waals surface area contributed by atoms with Crippen molar-refractivity contribution >= 4 is 35.0 Å². The van der Waals surface area contributed by atoms with Crippen LogP contribution < -0.4 is 20.1 Å². The van der Waals surface area contributed by atoms with E-state index >= 15 is 0 Å². The van der Waals surface area contributed by atoms with Crippen LogP contribution in [0, 0.1) is 5.92 Å². The standard InChI is InChI=1S/C27H27Cl2F2N3O4/c28-17-2-3-18(19(29)13-17)26(7-8-26)25(36)33-20(24(35)32-21-14-34-9-5-16(21)6-10-34)11-15-1-4-22-23(12-15)38-27(30,31)37-22/h1-4,12-13,16,20-21H,5-11,14H2,(H,32,35)(H,33,36)/t20-,21+/m0/s1. The molecule has 0 spiro atoms. The molecule has 4 fully saturated rings. The number of hydrogen-bond acceptors (Lipinski definition) is 5. The van der Waals surface area contributed by atoms with Crippen LogP contribution in [0.5, 0.6) is 11.5 Å². The van der Waals surface area contributed by atoms with Gasteiger partial charge in [0.25, 0.3) is 0 Å². The molecule has 202 valence electrons. The third-order valence-corrected chi connectivity index (χ3v) is 8.69. The summed E-state index contributed by atoms with van der Waals surface area (Å²) in [5.41, 5.74) is 0.379. The maximum atomic E-state index is 13.6. The molecular weight excluding hydrogens is 539 g/mol. The highest BCUT2D eigenvalue weighted by Crippen LogP contribution is 2.51. The molecule has 7 rings (SSSR count). The second kappa shape index (κ2) is 9.54. The van der Waals surface area contributed by atoms with Crippen LogP contribution in [0.3, 0.4) is 0 Å². The van der Waals surface area contributed by atoms with Crippen LogP contribution >= 0.6 is 23.2 Å². The first-order chi connectivity index (χ1) is 18.1. The van der Waals surface area contributed by atoms with E-state index in [1.807, 2.05) is 0 Å². The first kappa shape index (κ1) is 25.6. The Balaban J connectivity index is 1.23. The number of nitrogens with zero attached hydrogens (tertiary/aromatic N) is 1. The topological polar surface area (TPSA) is 79.9 Å². The molecule has 1 saturated carbocycles. The minimum atomic E-state index is -3.74. The average molecular weight is 566 g/mol. The Morgan fingerprint density at radius 1 is 1.05 bits per heavy atom. The third kappa shape index (κ3) is 4.92. The number of alkyl halides is 2. The Morgan fingerprint density at radius 2 is 1.79 bits per heavy atom. The van der Waals surface area contributed by atoms with E-state index in [2.05, 4.69) is 25.0 Å². The highest BCUT2D eigenvalue weighted by atomic mass is 35.5. The summed E-state index contributed by atoms with van der Waals surface area (Å²) >= 11 is 12.5. The number of halogens is 4. The number of rotatable bonds is 7. The summed E-state index contributed by atoms with van der Waals surface area (Å²) in [5, 5.41) is 6.98. The van der Waals surface area contributed by atoms with Crippen LogP contribution in [-0.2, 0) is 21.4 Å². The number of benzene rings is 2. The summed E-state index contributed by atoms with van der Waals surface area (Å²) in [4.78, 5) is 29.6. The van der Waals surface area contributed by atoms with E-state index in [0.717, 1.165) is 32.5 Å². The van der Waals surface area contributed by atoms with Crippen LogP contribution in [0.15, 0.2) is 36.4 Å². The Morgan fingerprint density at radius 3 is 2.45 bits per heavy atom. The van der Waals surface area contributed by atoms with Crippen molar-refractivity contribution in [3.8, 4) is 11.5 Å². The van der Waals surface area contributed by atoms with Crippen LogP contribution in [0.1, 0.15) is 36.8 Å². The molecular formula is C27H27Cl2F2N3O4. The van der Waals surface area contributed by atoms with E-state index in [-0.39, 0.29) is 35.8 Å². The lowest BCUT2D eigenvalue weighted by atomic mass is 9.84. The van der Waals surface area contributed by atoms with Gasteiger partial charge in [-0.3, -0.25) is 9.59 Å². The molecule has 2 aromatic carbocycles. The number of piperidine rings is 3. The van der Waals surface area contributed by atoms with Crippen LogP contribution in [0.2, 0.25) is 10.0 Å². The van der Waals surface area contributed by atoms with Crippen LogP contribution in [0.25, 0.3) is 0 Å². The largest absolute Gasteiger partial charge is 0.586 e. The van der Waals surface area contributed by atoms with E-state index in [4.69, 9.17) is 23.2 Å². The Hall–Kier alpha value is -2.62. The van der Waals surface area contributed by atoms with Gasteiger partial charge in [0.1, 0.15) is 6.04 Å². The molecule has 2 atom stereocenters. The van der Waals surface area contributed by atoms with Gasteiger partial charge in [-0.2, -0.15) is 0 Å². The van der Waals surface area contributed by atoms with Crippen molar-refractivity contribution in [3.05, 3.63) is 57.6 Å². The fourth-order valence-electron chi connectivity index (χ4n) is 5.89. The lowest BCUT2D eigenvalue weighted by molar-refractivity contribution is -0.286. The van der Waals surface area contributed by atoms with E-state index in [1.54, 1.807) is 24.3 Å². The molecule has 0 radical (unpaired) electrons. The molecule has 2 amide bonds. The molecule has 7 nitrogen and oxygen atoms in total. The molecule has 0 unspecified atom stereocenters. The molecule has 4 aliphatic heterocycles. The zero-order valence-electron chi connectivity index (χ0n) is 20.4. The molecule has 4 heterocycles. The van der Waals surface area contributed by atoms with Gasteiger partial charge in [0.15, 0.2) is 11.5 Å². The zero-order valence-corrected chi connectivity index (χ0v) is 22.0. The number of nitrogens with one attached hydrogen (secondary N) is 2. The van der Waals surface area contributed by atoms with Gasteiger partial charge in [-0.05, 0) is 80.1 Å². The predicted molar refractivity (Wildman–Crippen MR) is 137 cm³/mol. The van der Waals surface area contributed by atoms with Gasteiger partial charge < -0.3 is 25.0 Å². The maximum Gasteiger partial charge on any atom is 0.586 e. The zero-order chi connectivity index (χ0) is 26.7. The predicted octanol–water partition coefficient (Wildman–Crippen LogP) is 4.28. The van der Waals surface area contributed by atoms with Gasteiger partial charge in [0, 0.05) is 29.1 Å². The molecule has 2 bridgehead atoms. The van der Waals surface area contributed by atoms with Crippen LogP contribution in [-0.4, -0.2) is 54.7 Å². The Kier molecular flexibility index (Phi) is 6.44. The third-order valence-electron chi connectivity index (χ3n) is 8.14. The molecule has 38 heavy (non-hydrogen) atoms. The molecule has 2 aromatic rings. The number of carbonyl (C=O) groups is 2. The highest BCUT2D eigenvalue weighted by Gasteiger charge is 2.53. The van der Waals surface area contributed by atoms with E-state index in [1.165, 1.54) is 12.1 Å². The van der Waals surface area contributed by atoms with Gasteiger partial charge in [0.2, 0.25) is 11.8 Å². The number of fused-ring (bicyclic) bond motifs is 4. The molecule has 5 aliphatic rings. The SMILES string of the molecule is O=C(N[C@@H]1CN2CCC1CC2)[C@H](Cc1ccc2c(c1)OC(F)(F)O2)NC(=O)C1(c2ccc(Cl)cc2Cl)CC1. The first-order valence-corrected chi connectivity index (χ1v) is 13.6. The maximum absolute atomic E-state index is 13.6. The van der Waals surface area contributed by atoms with Crippen molar-refractivity contribution in [3.63, 3.8) is 0 Å². The quantitative estimate of drug-likeness (QED) is 0.523. The molecule has 1 aliphatic carbocycles. The van der Waals surface area contributed by atoms with E-state index < -0.39 is 17.8 Å². The summed E-state index contributed by atoms with van der Waals surface area (Å²) in [6.45, 7) is 2.84. The number of carbonyl (C=O) groups excluding carboxylic acids is 2. The molecule has 11 heteroatoms. The lowest BCUT2D eigenvalue weighted by Crippen LogP contribution is -2.60. The van der Waals surface area contributed by atoms with Crippen molar-refractivity contribution in [1.82, 2.24) is 15.5 Å². The molecule has 0 aromatic heterocycles. The summed E-state index contributed by atoms with van der Waals surface area (Å²) in [5.74, 6) is -0.399. The van der Waals surface area contributed by atoms with Crippen molar-refractivity contribution in [2.24, 2.45) is 5.92 Å². The summed E-state index contributed by atoms with van der Waals surface area (Å²) in [6.07, 6.45) is -0.420. The van der Waals surface area contributed by atoms with Crippen LogP contribution in [0.4, 0.5) is 8.78 Å². The van der Waals surface area contributed by atoms with Crippen molar-refractivity contribution in [1.29, 1.82) is 0 Å². The fourth-order valence-corrected chi connectivity index (χ4v) is 6.48. The van der Waals surface area contributed by atoms with Crippen molar-refractivity contribution in [2.75, 3.05) is 19.6 Å². The van der Waals surface area contributed by atoms with Gasteiger partial charge in [-0.15, -0.1) is 8.78 Å². The fraction of sp³-hybridized carbons (Fsp3) is 0.481. The summed E-state index contributed by atoms with van der Waals surface area (Å²) in [7, 11) is 0. The normalized spacial score (nSPS) is 26.5. The second-order valence-electron chi connectivity index (χ2n) is 10.6. The number of hydrogen-bond donors (Lipinski definition) is 2. The van der Waals surface area contributed by atoms with E-state index in [0.29, 0.717) is 39.9 Å². The van der Waals surface area contributed by atoms with Gasteiger partial charge in [-0.25, -0.2) is 0 Å². The monoisotopic (exact) mass is 565 g/mol. The van der Waals surface area contributed by atoms with Gasteiger partial charge in [0.05, 0.1) is 5.41 Å². The second-order valence-corrected chi connectivity index (χ2v) is 11.5. The van der Waals surface area contributed by atoms with E-state index in [9.17, 15) is 18.4 Å². The summed E-state index contributed by atoms with van der Waals surface area (Å²) < 4.78 is 36.1. The first-order valence-electron chi connectivity index (χ1n) is 12.8. The minimum Gasteiger partial charge on any atom is -0.395 e. The smallest absolute Gasteiger partial charge is 0.395 e. The molecule has 2 N–H and O–H groups in total. The Bertz CT molecular complexity index is 1280. The highest BCUT2D eigenvalue weighted by molar-refractivity contribution is 6.35. The number of amides is 2. The van der Waals surface area contributed by atoms with Gasteiger partial charge in [-0.1, -0.05) is 35.3 Å². The van der Waals surface area contributed by atoms with Crippen molar-refractivity contribution < 1.29 is 27.8 Å². The average Bonchev–Trinajstić information content (AvgIpc) is 3.61.